The van der Waals surface area contributed by atoms with E-state index in [4.69, 9.17) is 4.74 Å². The van der Waals surface area contributed by atoms with E-state index in [9.17, 15) is 8.42 Å². The summed E-state index contributed by atoms with van der Waals surface area (Å²) in [5.41, 5.74) is 0.520. The number of hydrogen-bond acceptors (Lipinski definition) is 5. The van der Waals surface area contributed by atoms with Crippen molar-refractivity contribution in [2.45, 2.75) is 24.4 Å². The third kappa shape index (κ3) is 2.98. The first-order valence-corrected chi connectivity index (χ1v) is 7.41. The summed E-state index contributed by atoms with van der Waals surface area (Å²) in [5.74, 6) is 0. The van der Waals surface area contributed by atoms with Gasteiger partial charge in [-0.25, -0.2) is 18.1 Å². The lowest BCUT2D eigenvalue weighted by Gasteiger charge is -2.13. The highest BCUT2D eigenvalue weighted by Gasteiger charge is 2.26. The van der Waals surface area contributed by atoms with Gasteiger partial charge in [-0.2, -0.15) is 0 Å². The van der Waals surface area contributed by atoms with Crippen molar-refractivity contribution in [2.24, 2.45) is 0 Å². The van der Waals surface area contributed by atoms with Crippen LogP contribution in [0.3, 0.4) is 0 Å². The van der Waals surface area contributed by atoms with E-state index in [-0.39, 0.29) is 11.1 Å². The van der Waals surface area contributed by atoms with Crippen LogP contribution in [0.2, 0.25) is 0 Å². The quantitative estimate of drug-likeness (QED) is 0.819. The van der Waals surface area contributed by atoms with Crippen molar-refractivity contribution < 1.29 is 13.2 Å². The lowest BCUT2D eigenvalue weighted by molar-refractivity contribution is 0.192. The Bertz CT molecular complexity index is 498. The fourth-order valence-corrected chi connectivity index (χ4v) is 3.20. The Morgan fingerprint density at radius 2 is 2.39 bits per heavy atom. The minimum absolute atomic E-state index is 0.0405. The highest BCUT2D eigenvalue weighted by molar-refractivity contribution is 7.89. The summed E-state index contributed by atoms with van der Waals surface area (Å²) in [4.78, 5) is 3.96. The van der Waals surface area contributed by atoms with Gasteiger partial charge in [0.05, 0.1) is 12.3 Å². The summed E-state index contributed by atoms with van der Waals surface area (Å²) in [6.07, 6.45) is 2.17. The molecule has 6 nitrogen and oxygen atoms in total. The monoisotopic (exact) mass is 271 g/mol. The van der Waals surface area contributed by atoms with Gasteiger partial charge in [0.15, 0.2) is 5.03 Å². The summed E-state index contributed by atoms with van der Waals surface area (Å²) in [5, 5.41) is 3.03. The molecular weight excluding hydrogens is 254 g/mol. The Morgan fingerprint density at radius 1 is 1.56 bits per heavy atom. The van der Waals surface area contributed by atoms with Crippen molar-refractivity contribution in [3.8, 4) is 0 Å². The zero-order valence-electron chi connectivity index (χ0n) is 10.2. The van der Waals surface area contributed by atoms with Crippen LogP contribution < -0.4 is 10.0 Å². The molecule has 100 valence electrons. The van der Waals surface area contributed by atoms with Crippen LogP contribution in [0, 0.1) is 0 Å². The van der Waals surface area contributed by atoms with Gasteiger partial charge in [0.1, 0.15) is 0 Å². The molecule has 1 aliphatic heterocycles. The van der Waals surface area contributed by atoms with Gasteiger partial charge in [-0.05, 0) is 25.5 Å². The smallest absolute Gasteiger partial charge is 0.260 e. The van der Waals surface area contributed by atoms with Gasteiger partial charge in [-0.15, -0.1) is 0 Å². The number of hydrogen-bond donors (Lipinski definition) is 2. The highest BCUT2D eigenvalue weighted by atomic mass is 32.2. The second kappa shape index (κ2) is 5.64. The van der Waals surface area contributed by atoms with Crippen LogP contribution in [0.5, 0.6) is 0 Å². The maximum Gasteiger partial charge on any atom is 0.260 e. The maximum atomic E-state index is 12.2. The normalized spacial score (nSPS) is 19.9. The van der Waals surface area contributed by atoms with Gasteiger partial charge in [-0.1, -0.05) is 0 Å². The van der Waals surface area contributed by atoms with E-state index in [1.807, 2.05) is 6.92 Å². The van der Waals surface area contributed by atoms with E-state index < -0.39 is 10.0 Å². The molecule has 0 amide bonds. The average Bonchev–Trinajstić information content (AvgIpc) is 2.82. The van der Waals surface area contributed by atoms with Gasteiger partial charge in [-0.3, -0.25) is 0 Å². The van der Waals surface area contributed by atoms with Crippen molar-refractivity contribution >= 4 is 15.7 Å². The second-order valence-corrected chi connectivity index (χ2v) is 5.70. The summed E-state index contributed by atoms with van der Waals surface area (Å²) in [6, 6.07) is 3.25. The minimum Gasteiger partial charge on any atom is -0.383 e. The van der Waals surface area contributed by atoms with Crippen molar-refractivity contribution in [1.29, 1.82) is 0 Å². The van der Waals surface area contributed by atoms with Crippen LogP contribution in [-0.4, -0.2) is 39.2 Å². The maximum absolute atomic E-state index is 12.2. The molecule has 18 heavy (non-hydrogen) atoms. The van der Waals surface area contributed by atoms with E-state index in [1.165, 1.54) is 6.20 Å². The summed E-state index contributed by atoms with van der Waals surface area (Å²) >= 11 is 0. The topological polar surface area (TPSA) is 80.3 Å². The predicted molar refractivity (Wildman–Crippen MR) is 67.9 cm³/mol. The molecule has 1 aromatic rings. The van der Waals surface area contributed by atoms with Crippen molar-refractivity contribution in [2.75, 3.05) is 25.1 Å². The number of nitrogens with one attached hydrogen (secondary N) is 2. The molecule has 1 aromatic heterocycles. The summed E-state index contributed by atoms with van der Waals surface area (Å²) < 4.78 is 32.2. The third-order valence-corrected chi connectivity index (χ3v) is 4.12. The lowest BCUT2D eigenvalue weighted by Crippen LogP contribution is -2.35. The van der Waals surface area contributed by atoms with E-state index >= 15 is 0 Å². The van der Waals surface area contributed by atoms with E-state index in [2.05, 4.69) is 15.0 Å². The summed E-state index contributed by atoms with van der Waals surface area (Å²) in [7, 11) is -3.60. The minimum atomic E-state index is -3.60. The molecule has 0 bridgehead atoms. The SMILES string of the molecule is CCNc1cccnc1S(=O)(=O)NC1CCOC1. The highest BCUT2D eigenvalue weighted by Crippen LogP contribution is 2.18. The zero-order valence-corrected chi connectivity index (χ0v) is 11.0. The molecular formula is C11H17N3O3S. The number of anilines is 1. The first-order chi connectivity index (χ1) is 8.63. The van der Waals surface area contributed by atoms with Crippen LogP contribution in [0.15, 0.2) is 23.4 Å². The Morgan fingerprint density at radius 3 is 3.06 bits per heavy atom. The fourth-order valence-electron chi connectivity index (χ4n) is 1.83. The number of pyridine rings is 1. The molecule has 0 saturated carbocycles. The molecule has 2 heterocycles. The van der Waals surface area contributed by atoms with Crippen LogP contribution in [0.4, 0.5) is 5.69 Å². The Kier molecular flexibility index (Phi) is 4.15. The fraction of sp³-hybridized carbons (Fsp3) is 0.545. The number of aromatic nitrogens is 1. The zero-order chi connectivity index (χ0) is 13.0. The molecule has 0 radical (unpaired) electrons. The molecule has 1 unspecified atom stereocenters. The molecule has 0 aromatic carbocycles. The molecule has 7 heteroatoms. The largest absolute Gasteiger partial charge is 0.383 e. The Hall–Kier alpha value is -1.18. The Balaban J connectivity index is 2.22. The third-order valence-electron chi connectivity index (χ3n) is 2.64. The average molecular weight is 271 g/mol. The second-order valence-electron chi connectivity index (χ2n) is 4.07. The van der Waals surface area contributed by atoms with Gasteiger partial charge in [0.25, 0.3) is 10.0 Å². The van der Waals surface area contributed by atoms with Crippen molar-refractivity contribution in [3.05, 3.63) is 18.3 Å². The van der Waals surface area contributed by atoms with Gasteiger partial charge in [0.2, 0.25) is 0 Å². The van der Waals surface area contributed by atoms with E-state index in [0.29, 0.717) is 31.9 Å². The number of nitrogens with zero attached hydrogens (tertiary/aromatic N) is 1. The van der Waals surface area contributed by atoms with E-state index in [1.54, 1.807) is 12.1 Å². The van der Waals surface area contributed by atoms with Gasteiger partial charge < -0.3 is 10.1 Å². The number of sulfonamides is 1. The molecule has 1 fully saturated rings. The van der Waals surface area contributed by atoms with Crippen LogP contribution >= 0.6 is 0 Å². The van der Waals surface area contributed by atoms with Crippen molar-refractivity contribution in [1.82, 2.24) is 9.71 Å². The number of ether oxygens (including phenoxy) is 1. The van der Waals surface area contributed by atoms with Crippen molar-refractivity contribution in [3.63, 3.8) is 0 Å². The molecule has 1 aliphatic rings. The Labute approximate surface area is 107 Å². The molecule has 1 atom stereocenters. The summed E-state index contributed by atoms with van der Waals surface area (Å²) in [6.45, 7) is 3.56. The number of rotatable bonds is 5. The molecule has 2 N–H and O–H groups in total. The molecule has 1 saturated heterocycles. The lowest BCUT2D eigenvalue weighted by atomic mass is 10.3. The first-order valence-electron chi connectivity index (χ1n) is 5.92. The van der Waals surface area contributed by atoms with E-state index in [0.717, 1.165) is 0 Å². The first kappa shape index (κ1) is 13.3. The predicted octanol–water partition coefficient (Wildman–Crippen LogP) is 0.581. The van der Waals surface area contributed by atoms with Crippen LogP contribution in [0.25, 0.3) is 0 Å². The molecule has 0 aliphatic carbocycles. The standard InChI is InChI=1S/C11H17N3O3S/c1-2-12-10-4-3-6-13-11(10)18(15,16)14-9-5-7-17-8-9/h3-4,6,9,12,14H,2,5,7-8H2,1H3. The molecule has 0 spiro atoms. The van der Waals surface area contributed by atoms with Gasteiger partial charge in [0, 0.05) is 25.4 Å². The molecule has 2 rings (SSSR count). The van der Waals surface area contributed by atoms with Crippen LogP contribution in [0.1, 0.15) is 13.3 Å². The van der Waals surface area contributed by atoms with Crippen LogP contribution in [-0.2, 0) is 14.8 Å². The van der Waals surface area contributed by atoms with Gasteiger partial charge >= 0.3 is 0 Å².